The molecule has 2 aromatic rings. The number of methoxy groups -OCH3 is 1. The van der Waals surface area contributed by atoms with Crippen LogP contribution in [0.25, 0.3) is 0 Å². The van der Waals surface area contributed by atoms with E-state index in [1.54, 1.807) is 18.2 Å². The van der Waals surface area contributed by atoms with Gasteiger partial charge >= 0.3 is 5.97 Å². The molecule has 0 bridgehead atoms. The second-order valence-electron chi connectivity index (χ2n) is 6.34. The summed E-state index contributed by atoms with van der Waals surface area (Å²) in [6, 6.07) is 8.90. The molecule has 0 saturated carbocycles. The number of hydrogen-bond acceptors (Lipinski definition) is 5. The Morgan fingerprint density at radius 1 is 1.32 bits per heavy atom. The highest BCUT2D eigenvalue weighted by atomic mass is 19.1. The predicted octanol–water partition coefficient (Wildman–Crippen LogP) is 3.99. The zero-order valence-electron chi connectivity index (χ0n) is 14.1. The molecule has 25 heavy (non-hydrogen) atoms. The number of nitriles is 1. The average molecular weight is 341 g/mol. The Morgan fingerprint density at radius 3 is 2.72 bits per heavy atom. The second kappa shape index (κ2) is 6.10. The van der Waals surface area contributed by atoms with Gasteiger partial charge in [-0.05, 0) is 38.1 Å². The van der Waals surface area contributed by atoms with Crippen LogP contribution in [-0.4, -0.2) is 18.7 Å². The highest BCUT2D eigenvalue weighted by molar-refractivity contribution is 5.91. The smallest absolute Gasteiger partial charge is 0.338 e. The van der Waals surface area contributed by atoms with Crippen LogP contribution in [0.15, 0.2) is 30.3 Å². The predicted molar refractivity (Wildman–Crippen MR) is 87.4 cm³/mol. The van der Waals surface area contributed by atoms with Gasteiger partial charge in [0, 0.05) is 18.1 Å². The van der Waals surface area contributed by atoms with Crippen molar-refractivity contribution in [3.63, 3.8) is 0 Å². The van der Waals surface area contributed by atoms with Gasteiger partial charge in [0.2, 0.25) is 0 Å². The van der Waals surface area contributed by atoms with E-state index in [1.807, 2.05) is 13.8 Å². The number of rotatable bonds is 3. The maximum atomic E-state index is 13.8. The molecule has 1 heterocycles. The number of nitrogens with zero attached hydrogens (tertiary/aromatic N) is 1. The standard InChI is InChI=1S/C19H16FNO4/c1-19(2)9-14-16(6-12(18(22)23-3)7-17(14)25-19)24-13-5-4-11(10-21)15(20)8-13/h4-8H,9H2,1-3H3. The van der Waals surface area contributed by atoms with E-state index in [4.69, 9.17) is 19.5 Å². The van der Waals surface area contributed by atoms with Gasteiger partial charge in [-0.2, -0.15) is 5.26 Å². The van der Waals surface area contributed by atoms with Crippen LogP contribution in [0.4, 0.5) is 4.39 Å². The number of carbonyl (C=O) groups is 1. The van der Waals surface area contributed by atoms with Crippen molar-refractivity contribution in [3.05, 3.63) is 52.8 Å². The third-order valence-electron chi connectivity index (χ3n) is 3.87. The number of carbonyl (C=O) groups excluding carboxylic acids is 1. The van der Waals surface area contributed by atoms with Gasteiger partial charge in [0.1, 0.15) is 34.7 Å². The molecule has 3 rings (SSSR count). The van der Waals surface area contributed by atoms with Gasteiger partial charge in [-0.15, -0.1) is 0 Å². The molecule has 6 heteroatoms. The minimum atomic E-state index is -0.669. The Balaban J connectivity index is 2.03. The summed E-state index contributed by atoms with van der Waals surface area (Å²) in [6.07, 6.45) is 0.581. The molecule has 0 N–H and O–H groups in total. The van der Waals surface area contributed by atoms with Crippen molar-refractivity contribution in [2.75, 3.05) is 7.11 Å². The first-order chi connectivity index (χ1) is 11.8. The van der Waals surface area contributed by atoms with Crippen LogP contribution in [0.3, 0.4) is 0 Å². The van der Waals surface area contributed by atoms with Crippen LogP contribution in [0.5, 0.6) is 17.2 Å². The summed E-state index contributed by atoms with van der Waals surface area (Å²) in [6.45, 7) is 3.85. The fourth-order valence-corrected chi connectivity index (χ4v) is 2.75. The Morgan fingerprint density at radius 2 is 2.08 bits per heavy atom. The molecule has 0 spiro atoms. The third kappa shape index (κ3) is 3.26. The van der Waals surface area contributed by atoms with Gasteiger partial charge in [0.05, 0.1) is 18.2 Å². The summed E-state index contributed by atoms with van der Waals surface area (Å²) in [7, 11) is 1.29. The highest BCUT2D eigenvalue weighted by Crippen LogP contribution is 2.43. The molecular weight excluding hydrogens is 325 g/mol. The Hall–Kier alpha value is -3.07. The molecule has 0 aliphatic carbocycles. The fourth-order valence-electron chi connectivity index (χ4n) is 2.75. The van der Waals surface area contributed by atoms with Gasteiger partial charge in [0.25, 0.3) is 0 Å². The van der Waals surface area contributed by atoms with Crippen molar-refractivity contribution in [1.82, 2.24) is 0 Å². The fraction of sp³-hybridized carbons (Fsp3) is 0.263. The Labute approximate surface area is 144 Å². The Bertz CT molecular complexity index is 899. The molecule has 0 saturated heterocycles. The lowest BCUT2D eigenvalue weighted by Gasteiger charge is -2.16. The Kier molecular flexibility index (Phi) is 4.09. The molecule has 2 aromatic carbocycles. The van der Waals surface area contributed by atoms with Crippen molar-refractivity contribution < 1.29 is 23.4 Å². The molecule has 0 radical (unpaired) electrons. The number of halogens is 1. The molecule has 128 valence electrons. The number of benzene rings is 2. The van der Waals surface area contributed by atoms with E-state index in [-0.39, 0.29) is 16.9 Å². The van der Waals surface area contributed by atoms with Crippen molar-refractivity contribution >= 4 is 5.97 Å². The van der Waals surface area contributed by atoms with Gasteiger partial charge in [-0.25, -0.2) is 9.18 Å². The SMILES string of the molecule is COC(=O)c1cc(Oc2ccc(C#N)c(F)c2)c2c(c1)OC(C)(C)C2. The quantitative estimate of drug-likeness (QED) is 0.790. The topological polar surface area (TPSA) is 68.5 Å². The van der Waals surface area contributed by atoms with Gasteiger partial charge in [-0.3, -0.25) is 0 Å². The molecule has 0 amide bonds. The zero-order chi connectivity index (χ0) is 18.2. The third-order valence-corrected chi connectivity index (χ3v) is 3.87. The van der Waals surface area contributed by atoms with Crippen LogP contribution in [-0.2, 0) is 11.2 Å². The lowest BCUT2D eigenvalue weighted by molar-refractivity contribution is 0.0599. The summed E-state index contributed by atoms with van der Waals surface area (Å²) in [5.74, 6) is -0.0284. The van der Waals surface area contributed by atoms with E-state index in [2.05, 4.69) is 0 Å². The van der Waals surface area contributed by atoms with Crippen LogP contribution in [0.2, 0.25) is 0 Å². The highest BCUT2D eigenvalue weighted by Gasteiger charge is 2.34. The lowest BCUT2D eigenvalue weighted by Crippen LogP contribution is -2.24. The van der Waals surface area contributed by atoms with Gasteiger partial charge in [0.15, 0.2) is 0 Å². The molecule has 5 nitrogen and oxygen atoms in total. The number of hydrogen-bond donors (Lipinski definition) is 0. The van der Waals surface area contributed by atoms with E-state index in [9.17, 15) is 9.18 Å². The van der Waals surface area contributed by atoms with E-state index in [0.717, 1.165) is 11.6 Å². The van der Waals surface area contributed by atoms with E-state index in [1.165, 1.54) is 19.2 Å². The molecular formula is C19H16FNO4. The number of fused-ring (bicyclic) bond motifs is 1. The first-order valence-electron chi connectivity index (χ1n) is 7.65. The summed E-state index contributed by atoms with van der Waals surface area (Å²) >= 11 is 0. The second-order valence-corrected chi connectivity index (χ2v) is 6.34. The molecule has 1 aliphatic rings. The van der Waals surface area contributed by atoms with E-state index < -0.39 is 17.4 Å². The van der Waals surface area contributed by atoms with Crippen molar-refractivity contribution in [2.45, 2.75) is 25.9 Å². The largest absolute Gasteiger partial charge is 0.487 e. The van der Waals surface area contributed by atoms with Crippen molar-refractivity contribution in [2.24, 2.45) is 0 Å². The minimum Gasteiger partial charge on any atom is -0.487 e. The average Bonchev–Trinajstić information content (AvgIpc) is 2.88. The van der Waals surface area contributed by atoms with Crippen molar-refractivity contribution in [3.8, 4) is 23.3 Å². The summed E-state index contributed by atoms with van der Waals surface area (Å²) < 4.78 is 30.2. The normalized spacial score (nSPS) is 14.2. The maximum Gasteiger partial charge on any atom is 0.338 e. The number of ether oxygens (including phenoxy) is 3. The maximum absolute atomic E-state index is 13.8. The molecule has 0 atom stereocenters. The zero-order valence-corrected chi connectivity index (χ0v) is 14.1. The number of esters is 1. The van der Waals surface area contributed by atoms with Crippen molar-refractivity contribution in [1.29, 1.82) is 5.26 Å². The lowest BCUT2D eigenvalue weighted by atomic mass is 10.00. The van der Waals surface area contributed by atoms with Crippen LogP contribution in [0.1, 0.15) is 35.3 Å². The summed E-state index contributed by atoms with van der Waals surface area (Å²) in [5, 5.41) is 8.81. The molecule has 0 fully saturated rings. The first kappa shape index (κ1) is 16.8. The van der Waals surface area contributed by atoms with Gasteiger partial charge < -0.3 is 14.2 Å². The summed E-state index contributed by atoms with van der Waals surface area (Å²) in [5.41, 5.74) is 0.571. The van der Waals surface area contributed by atoms with Crippen LogP contribution in [0, 0.1) is 17.1 Å². The van der Waals surface area contributed by atoms with E-state index in [0.29, 0.717) is 17.9 Å². The van der Waals surface area contributed by atoms with Crippen LogP contribution >= 0.6 is 0 Å². The molecule has 0 aromatic heterocycles. The molecule has 1 aliphatic heterocycles. The summed E-state index contributed by atoms with van der Waals surface area (Å²) in [4.78, 5) is 11.9. The van der Waals surface area contributed by atoms with E-state index >= 15 is 0 Å². The minimum absolute atomic E-state index is 0.0645. The monoisotopic (exact) mass is 341 g/mol. The van der Waals surface area contributed by atoms with Gasteiger partial charge in [-0.1, -0.05) is 0 Å². The van der Waals surface area contributed by atoms with Crippen LogP contribution < -0.4 is 9.47 Å². The molecule has 0 unspecified atom stereocenters. The first-order valence-corrected chi connectivity index (χ1v) is 7.65.